The summed E-state index contributed by atoms with van der Waals surface area (Å²) in [5.41, 5.74) is -0.467. The third kappa shape index (κ3) is 5.73. The first kappa shape index (κ1) is 36.8. The topological polar surface area (TPSA) is 191 Å². The molecule has 4 aliphatic carbocycles. The van der Waals surface area contributed by atoms with Crippen LogP contribution in [0, 0.1) is 40.4 Å². The Labute approximate surface area is 293 Å². The van der Waals surface area contributed by atoms with E-state index in [2.05, 4.69) is 13.8 Å². The number of hydrogen-bond donors (Lipinski definition) is 5. The average molecular weight is 709 g/mol. The molecule has 0 aromatic carbocycles. The summed E-state index contributed by atoms with van der Waals surface area (Å²) in [6.45, 7) is 6.03. The molecule has 4 saturated carbocycles. The van der Waals surface area contributed by atoms with Crippen molar-refractivity contribution in [2.24, 2.45) is 40.4 Å². The fraction of sp³-hybridized carbons (Fsp3) is 0.892. The molecule has 3 aliphatic heterocycles. The van der Waals surface area contributed by atoms with Gasteiger partial charge in [-0.2, -0.15) is 0 Å². The number of esters is 1. The molecule has 13 heteroatoms. The second-order valence-corrected chi connectivity index (χ2v) is 16.7. The molecule has 50 heavy (non-hydrogen) atoms. The van der Waals surface area contributed by atoms with Crippen molar-refractivity contribution in [3.8, 4) is 0 Å². The van der Waals surface area contributed by atoms with Crippen LogP contribution in [0.15, 0.2) is 11.6 Å². The summed E-state index contributed by atoms with van der Waals surface area (Å²) in [7, 11) is 1.55. The molecule has 18 atom stereocenters. The molecule has 0 unspecified atom stereocenters. The van der Waals surface area contributed by atoms with E-state index in [1.807, 2.05) is 0 Å². The summed E-state index contributed by atoms with van der Waals surface area (Å²) >= 11 is 0. The molecular formula is C37H56O13. The maximum absolute atomic E-state index is 12.9. The standard InChI is InChI=1S/C37H56O13/c1-18-33(50-34-32(43)31(42)30(41)27(16-39)49-34)26(45-4)14-29(47-18)48-22-12-20-5-6-25-24(36(20,3)21(13-22)15-38)7-9-35(2)23(8-10-37(25,35)44)19-11-28(40)46-17-19/h11,15,18,20-27,29-34,39,41-44H,5-10,12-14,16-17H2,1-4H3/t18-,20-,21+,22-,23-,24+,25-,26+,27-,29+,30-,31+,32-,33-,34-,35-,36-,37+/m1/s1. The Kier molecular flexibility index (Phi) is 10.1. The highest BCUT2D eigenvalue weighted by molar-refractivity contribution is 5.85. The van der Waals surface area contributed by atoms with Crippen LogP contribution in [0.25, 0.3) is 0 Å². The molecule has 7 aliphatic rings. The van der Waals surface area contributed by atoms with Crippen LogP contribution >= 0.6 is 0 Å². The smallest absolute Gasteiger partial charge is 0.331 e. The van der Waals surface area contributed by atoms with Crippen LogP contribution in [0.4, 0.5) is 0 Å². The lowest BCUT2D eigenvalue weighted by molar-refractivity contribution is -0.346. The van der Waals surface area contributed by atoms with Gasteiger partial charge in [-0.15, -0.1) is 0 Å². The average Bonchev–Trinajstić information content (AvgIpc) is 3.64. The van der Waals surface area contributed by atoms with Gasteiger partial charge in [0.05, 0.1) is 30.5 Å². The molecule has 0 aromatic heterocycles. The first-order valence-corrected chi connectivity index (χ1v) is 18.6. The van der Waals surface area contributed by atoms with Crippen molar-refractivity contribution in [3.63, 3.8) is 0 Å². The molecule has 2 saturated heterocycles. The van der Waals surface area contributed by atoms with E-state index in [4.69, 9.17) is 28.4 Å². The number of carbonyl (C=O) groups is 2. The molecule has 0 amide bonds. The zero-order valence-electron chi connectivity index (χ0n) is 29.6. The highest BCUT2D eigenvalue weighted by Gasteiger charge is 2.69. The van der Waals surface area contributed by atoms with Crippen molar-refractivity contribution in [3.05, 3.63) is 11.6 Å². The lowest BCUT2D eigenvalue weighted by Gasteiger charge is -2.65. The summed E-state index contributed by atoms with van der Waals surface area (Å²) in [5, 5.41) is 53.1. The van der Waals surface area contributed by atoms with E-state index >= 15 is 0 Å². The summed E-state index contributed by atoms with van der Waals surface area (Å²) in [6, 6.07) is 0. The molecule has 7 rings (SSSR count). The number of ether oxygens (including phenoxy) is 6. The van der Waals surface area contributed by atoms with E-state index in [1.54, 1.807) is 20.1 Å². The molecule has 282 valence electrons. The number of fused-ring (bicyclic) bond motifs is 5. The first-order valence-electron chi connectivity index (χ1n) is 18.6. The van der Waals surface area contributed by atoms with Gasteiger partial charge in [0, 0.05) is 30.9 Å². The normalized spacial score (nSPS) is 53.5. The van der Waals surface area contributed by atoms with E-state index in [1.165, 1.54) is 0 Å². The molecule has 0 aromatic rings. The van der Waals surface area contributed by atoms with Gasteiger partial charge in [0.15, 0.2) is 12.6 Å². The molecule has 0 radical (unpaired) electrons. The quantitative estimate of drug-likeness (QED) is 0.138. The first-order chi connectivity index (χ1) is 23.8. The number of cyclic esters (lactones) is 1. The van der Waals surface area contributed by atoms with Crippen molar-refractivity contribution in [1.82, 2.24) is 0 Å². The molecular weight excluding hydrogens is 652 g/mol. The Hall–Kier alpha value is -1.52. The second-order valence-electron chi connectivity index (χ2n) is 16.7. The van der Waals surface area contributed by atoms with Crippen molar-refractivity contribution < 1.29 is 63.5 Å². The monoisotopic (exact) mass is 708 g/mol. The van der Waals surface area contributed by atoms with E-state index in [0.29, 0.717) is 25.9 Å². The van der Waals surface area contributed by atoms with Gasteiger partial charge in [-0.25, -0.2) is 4.79 Å². The Morgan fingerprint density at radius 3 is 2.42 bits per heavy atom. The van der Waals surface area contributed by atoms with Gasteiger partial charge in [0.2, 0.25) is 0 Å². The number of carbonyl (C=O) groups excluding carboxylic acids is 2. The number of aliphatic hydroxyl groups excluding tert-OH is 4. The van der Waals surface area contributed by atoms with Crippen LogP contribution < -0.4 is 0 Å². The third-order valence-corrected chi connectivity index (χ3v) is 14.7. The molecule has 6 fully saturated rings. The Bertz CT molecular complexity index is 1310. The predicted octanol–water partition coefficient (Wildman–Crippen LogP) is 1.39. The molecule has 13 nitrogen and oxygen atoms in total. The van der Waals surface area contributed by atoms with Crippen molar-refractivity contribution in [2.75, 3.05) is 20.3 Å². The van der Waals surface area contributed by atoms with Gasteiger partial charge >= 0.3 is 5.97 Å². The summed E-state index contributed by atoms with van der Waals surface area (Å²) < 4.78 is 35.6. The second kappa shape index (κ2) is 13.7. The number of aldehydes is 1. The van der Waals surface area contributed by atoms with Gasteiger partial charge < -0.3 is 58.7 Å². The zero-order valence-corrected chi connectivity index (χ0v) is 29.6. The fourth-order valence-electron chi connectivity index (χ4n) is 11.9. The van der Waals surface area contributed by atoms with Crippen molar-refractivity contribution >= 4 is 12.3 Å². The van der Waals surface area contributed by atoms with Gasteiger partial charge in [-0.3, -0.25) is 0 Å². The fourth-order valence-corrected chi connectivity index (χ4v) is 11.9. The number of methoxy groups -OCH3 is 1. The molecule has 0 spiro atoms. The van der Waals surface area contributed by atoms with Crippen LogP contribution in [-0.4, -0.2) is 125 Å². The van der Waals surface area contributed by atoms with Crippen LogP contribution in [0.5, 0.6) is 0 Å². The van der Waals surface area contributed by atoms with E-state index in [9.17, 15) is 35.1 Å². The van der Waals surface area contributed by atoms with Gasteiger partial charge in [0.1, 0.15) is 43.4 Å². The van der Waals surface area contributed by atoms with Gasteiger partial charge in [-0.05, 0) is 93.0 Å². The highest BCUT2D eigenvalue weighted by Crippen LogP contribution is 2.70. The maximum Gasteiger partial charge on any atom is 0.331 e. The minimum atomic E-state index is -1.56. The number of rotatable bonds is 8. The maximum atomic E-state index is 12.9. The Balaban J connectivity index is 1.01. The Morgan fingerprint density at radius 2 is 1.74 bits per heavy atom. The summed E-state index contributed by atoms with van der Waals surface area (Å²) in [5.74, 6) is 0.112. The van der Waals surface area contributed by atoms with Gasteiger partial charge in [0.25, 0.3) is 0 Å². The van der Waals surface area contributed by atoms with E-state index in [0.717, 1.165) is 50.4 Å². The highest BCUT2D eigenvalue weighted by atomic mass is 16.7. The molecule has 0 bridgehead atoms. The number of aliphatic hydroxyl groups is 5. The summed E-state index contributed by atoms with van der Waals surface area (Å²) in [6.07, 6.45) is -0.152. The molecule has 5 N–H and O–H groups in total. The van der Waals surface area contributed by atoms with Crippen molar-refractivity contribution in [2.45, 2.75) is 146 Å². The minimum absolute atomic E-state index is 0.0802. The van der Waals surface area contributed by atoms with Crippen LogP contribution in [0.1, 0.15) is 78.6 Å². The SMILES string of the molecule is CO[C@H]1C[C@H](O[C@@H]2C[C@H]3CC[C@@H]4[C@H](CC[C@]5(C)[C@@H](C6=CC(=O)OC6)CC[C@]45O)[C@@]3(C)[C@H](C=O)C2)O[C@H](C)[C@H]1O[C@H]1O[C@H](CO)[C@@H](O)[C@H](O)[C@H]1O. The lowest BCUT2D eigenvalue weighted by Crippen LogP contribution is -2.64. The minimum Gasteiger partial charge on any atom is -0.458 e. The van der Waals surface area contributed by atoms with E-state index in [-0.39, 0.29) is 52.5 Å². The van der Waals surface area contributed by atoms with E-state index < -0.39 is 67.5 Å². The van der Waals surface area contributed by atoms with Crippen LogP contribution in [-0.2, 0) is 38.0 Å². The van der Waals surface area contributed by atoms with Crippen LogP contribution in [0.3, 0.4) is 0 Å². The van der Waals surface area contributed by atoms with Crippen LogP contribution in [0.2, 0.25) is 0 Å². The lowest BCUT2D eigenvalue weighted by atomic mass is 9.41. The predicted molar refractivity (Wildman–Crippen MR) is 174 cm³/mol. The third-order valence-electron chi connectivity index (χ3n) is 14.7. The largest absolute Gasteiger partial charge is 0.458 e. The summed E-state index contributed by atoms with van der Waals surface area (Å²) in [4.78, 5) is 24.9. The Morgan fingerprint density at radius 1 is 0.960 bits per heavy atom. The van der Waals surface area contributed by atoms with Gasteiger partial charge in [-0.1, -0.05) is 13.8 Å². The zero-order chi connectivity index (χ0) is 35.7. The number of hydrogen-bond acceptors (Lipinski definition) is 13. The van der Waals surface area contributed by atoms with Crippen molar-refractivity contribution in [1.29, 1.82) is 0 Å². The molecule has 3 heterocycles.